The minimum Gasteiger partial charge on any atom is -0.467 e. The van der Waals surface area contributed by atoms with Crippen LogP contribution in [0.4, 0.5) is 5.82 Å². The zero-order valence-electron chi connectivity index (χ0n) is 14.1. The number of aliphatic hydroxyl groups is 2. The predicted octanol–water partition coefficient (Wildman–Crippen LogP) is 0.316. The minimum atomic E-state index is -1.65. The van der Waals surface area contributed by atoms with Gasteiger partial charge in [0.2, 0.25) is 0 Å². The van der Waals surface area contributed by atoms with Gasteiger partial charge >= 0.3 is 5.97 Å². The molecule has 0 fully saturated rings. The Balaban J connectivity index is 1.74. The van der Waals surface area contributed by atoms with E-state index in [0.717, 1.165) is 5.76 Å². The Hall–Kier alpha value is -2.98. The number of fused-ring (bicyclic) bond motifs is 1. The number of nitrogens with zero attached hydrogens (tertiary/aromatic N) is 4. The standard InChI is InChI=1S/C16H19N5O5/c1-2-25-16(24)13(23)11(22)7-21-9-20-12-14(18-8-19-15(12)21)17-6-10-4-3-5-26-10/h3-5,8-9,11,13,22-23H,2,6-7H2,1H3,(H,17,18,19)/t11-,13-/m1/s1. The van der Waals surface area contributed by atoms with E-state index in [9.17, 15) is 15.0 Å². The highest BCUT2D eigenvalue weighted by atomic mass is 16.5. The highest BCUT2D eigenvalue weighted by Gasteiger charge is 2.26. The van der Waals surface area contributed by atoms with Gasteiger partial charge in [0.25, 0.3) is 0 Å². The van der Waals surface area contributed by atoms with Crippen molar-refractivity contribution in [3.63, 3.8) is 0 Å². The molecule has 0 unspecified atom stereocenters. The molecule has 0 saturated carbocycles. The third kappa shape index (κ3) is 3.81. The predicted molar refractivity (Wildman–Crippen MR) is 90.0 cm³/mol. The largest absolute Gasteiger partial charge is 0.467 e. The highest BCUT2D eigenvalue weighted by molar-refractivity contribution is 5.82. The van der Waals surface area contributed by atoms with Crippen molar-refractivity contribution in [3.05, 3.63) is 36.8 Å². The van der Waals surface area contributed by atoms with E-state index >= 15 is 0 Å². The molecule has 0 bridgehead atoms. The summed E-state index contributed by atoms with van der Waals surface area (Å²) < 4.78 is 11.5. The third-order valence-corrected chi connectivity index (χ3v) is 3.69. The number of hydrogen-bond donors (Lipinski definition) is 3. The average Bonchev–Trinajstić information content (AvgIpc) is 3.30. The van der Waals surface area contributed by atoms with E-state index in [4.69, 9.17) is 9.15 Å². The summed E-state index contributed by atoms with van der Waals surface area (Å²) in [7, 11) is 0. The number of aliphatic hydroxyl groups excluding tert-OH is 2. The van der Waals surface area contributed by atoms with Crippen LogP contribution in [0, 0.1) is 0 Å². The Labute approximate surface area is 148 Å². The Morgan fingerprint density at radius 3 is 2.96 bits per heavy atom. The lowest BCUT2D eigenvalue weighted by atomic mass is 10.2. The molecule has 10 heteroatoms. The normalized spacial score (nSPS) is 13.5. The van der Waals surface area contributed by atoms with Gasteiger partial charge in [-0.1, -0.05) is 0 Å². The summed E-state index contributed by atoms with van der Waals surface area (Å²) in [6.45, 7) is 2.09. The number of nitrogens with one attached hydrogen (secondary N) is 1. The molecule has 0 amide bonds. The molecular weight excluding hydrogens is 342 g/mol. The zero-order valence-corrected chi connectivity index (χ0v) is 14.1. The van der Waals surface area contributed by atoms with Crippen molar-refractivity contribution in [2.75, 3.05) is 11.9 Å². The van der Waals surface area contributed by atoms with Gasteiger partial charge in [-0.25, -0.2) is 19.7 Å². The third-order valence-electron chi connectivity index (χ3n) is 3.69. The van der Waals surface area contributed by atoms with Crippen LogP contribution in [0.2, 0.25) is 0 Å². The molecule has 3 rings (SSSR count). The number of imidazole rings is 1. The van der Waals surface area contributed by atoms with E-state index in [1.54, 1.807) is 19.3 Å². The monoisotopic (exact) mass is 361 g/mol. The first-order valence-corrected chi connectivity index (χ1v) is 8.05. The lowest BCUT2D eigenvalue weighted by molar-refractivity contribution is -0.159. The summed E-state index contributed by atoms with van der Waals surface area (Å²) >= 11 is 0. The number of carbonyl (C=O) groups excluding carboxylic acids is 1. The van der Waals surface area contributed by atoms with Crippen molar-refractivity contribution < 1.29 is 24.2 Å². The Morgan fingerprint density at radius 2 is 2.23 bits per heavy atom. The lowest BCUT2D eigenvalue weighted by Crippen LogP contribution is -2.38. The number of ether oxygens (including phenoxy) is 1. The first kappa shape index (κ1) is 17.8. The molecule has 0 radical (unpaired) electrons. The maximum absolute atomic E-state index is 11.5. The van der Waals surface area contributed by atoms with Gasteiger partial charge in [-0.2, -0.15) is 0 Å². The lowest BCUT2D eigenvalue weighted by Gasteiger charge is -2.16. The number of esters is 1. The summed E-state index contributed by atoms with van der Waals surface area (Å²) in [4.78, 5) is 24.1. The van der Waals surface area contributed by atoms with Gasteiger partial charge in [-0.05, 0) is 19.1 Å². The Bertz CT molecular complexity index is 863. The van der Waals surface area contributed by atoms with E-state index in [0.29, 0.717) is 23.5 Å². The highest BCUT2D eigenvalue weighted by Crippen LogP contribution is 2.19. The molecule has 3 aromatic heterocycles. The number of carbonyl (C=O) groups is 1. The molecule has 138 valence electrons. The van der Waals surface area contributed by atoms with Gasteiger partial charge in [0.15, 0.2) is 17.6 Å². The molecule has 0 saturated heterocycles. The maximum Gasteiger partial charge on any atom is 0.337 e. The van der Waals surface area contributed by atoms with Gasteiger partial charge in [0.05, 0.1) is 32.3 Å². The maximum atomic E-state index is 11.5. The second-order valence-electron chi connectivity index (χ2n) is 5.49. The molecule has 0 spiro atoms. The van der Waals surface area contributed by atoms with Crippen LogP contribution in [0.15, 0.2) is 35.5 Å². The fraction of sp³-hybridized carbons (Fsp3) is 0.375. The van der Waals surface area contributed by atoms with E-state index in [2.05, 4.69) is 20.3 Å². The summed E-state index contributed by atoms with van der Waals surface area (Å²) in [5.41, 5.74) is 0.953. The fourth-order valence-electron chi connectivity index (χ4n) is 2.41. The number of furan rings is 1. The van der Waals surface area contributed by atoms with Gasteiger partial charge in [0.1, 0.15) is 23.7 Å². The van der Waals surface area contributed by atoms with Crippen molar-refractivity contribution >= 4 is 23.0 Å². The summed E-state index contributed by atoms with van der Waals surface area (Å²) in [6.07, 6.45) is 1.39. The topological polar surface area (TPSA) is 136 Å². The molecule has 26 heavy (non-hydrogen) atoms. The van der Waals surface area contributed by atoms with E-state index < -0.39 is 18.2 Å². The summed E-state index contributed by atoms with van der Waals surface area (Å²) in [6, 6.07) is 3.62. The second-order valence-corrected chi connectivity index (χ2v) is 5.49. The van der Waals surface area contributed by atoms with Crippen LogP contribution < -0.4 is 5.32 Å². The van der Waals surface area contributed by atoms with Crippen LogP contribution >= 0.6 is 0 Å². The van der Waals surface area contributed by atoms with Gasteiger partial charge in [0, 0.05) is 0 Å². The first-order valence-electron chi connectivity index (χ1n) is 8.05. The van der Waals surface area contributed by atoms with Gasteiger partial charge in [-0.15, -0.1) is 0 Å². The average molecular weight is 361 g/mol. The number of rotatable bonds is 8. The van der Waals surface area contributed by atoms with E-state index in [-0.39, 0.29) is 13.2 Å². The SMILES string of the molecule is CCOC(=O)[C@H](O)[C@H](O)Cn1cnc2c(NCc3ccco3)ncnc21. The second kappa shape index (κ2) is 7.93. The molecule has 0 aliphatic rings. The molecule has 0 aliphatic carbocycles. The van der Waals surface area contributed by atoms with Gasteiger partial charge < -0.3 is 29.3 Å². The Morgan fingerprint density at radius 1 is 1.38 bits per heavy atom. The van der Waals surface area contributed by atoms with Crippen LogP contribution in [0.3, 0.4) is 0 Å². The van der Waals surface area contributed by atoms with Crippen LogP contribution in [-0.4, -0.2) is 54.5 Å². The molecule has 0 aromatic carbocycles. The molecular formula is C16H19N5O5. The van der Waals surface area contributed by atoms with E-state index in [1.807, 2.05) is 6.07 Å². The molecule has 10 nitrogen and oxygen atoms in total. The first-order chi connectivity index (χ1) is 12.6. The van der Waals surface area contributed by atoms with Gasteiger partial charge in [-0.3, -0.25) is 0 Å². The van der Waals surface area contributed by atoms with Crippen molar-refractivity contribution in [2.45, 2.75) is 32.2 Å². The molecule has 3 N–H and O–H groups in total. The molecule has 3 heterocycles. The Kier molecular flexibility index (Phi) is 5.44. The van der Waals surface area contributed by atoms with Crippen molar-refractivity contribution in [1.29, 1.82) is 0 Å². The molecule has 3 aromatic rings. The van der Waals surface area contributed by atoms with Crippen LogP contribution in [-0.2, 0) is 22.6 Å². The number of anilines is 1. The number of aromatic nitrogens is 4. The van der Waals surface area contributed by atoms with Crippen molar-refractivity contribution in [2.24, 2.45) is 0 Å². The quantitative estimate of drug-likeness (QED) is 0.484. The fourth-order valence-corrected chi connectivity index (χ4v) is 2.41. The van der Waals surface area contributed by atoms with E-state index in [1.165, 1.54) is 17.2 Å². The van der Waals surface area contributed by atoms with Crippen molar-refractivity contribution in [3.8, 4) is 0 Å². The smallest absolute Gasteiger partial charge is 0.337 e. The number of hydrogen-bond acceptors (Lipinski definition) is 9. The summed E-state index contributed by atoms with van der Waals surface area (Å²) in [5, 5.41) is 23.0. The zero-order chi connectivity index (χ0) is 18.5. The minimum absolute atomic E-state index is 0.0783. The molecule has 0 aliphatic heterocycles. The summed E-state index contributed by atoms with van der Waals surface area (Å²) in [5.74, 6) is 0.370. The molecule has 2 atom stereocenters. The van der Waals surface area contributed by atoms with Crippen molar-refractivity contribution in [1.82, 2.24) is 19.5 Å². The van der Waals surface area contributed by atoms with Crippen LogP contribution in [0.5, 0.6) is 0 Å². The van der Waals surface area contributed by atoms with Crippen LogP contribution in [0.25, 0.3) is 11.2 Å². The van der Waals surface area contributed by atoms with Crippen LogP contribution in [0.1, 0.15) is 12.7 Å².